The van der Waals surface area contributed by atoms with Gasteiger partial charge in [0.15, 0.2) is 0 Å². The number of halogens is 1. The van der Waals surface area contributed by atoms with Crippen LogP contribution in [-0.2, 0) is 0 Å². The van der Waals surface area contributed by atoms with Crippen LogP contribution in [0.25, 0.3) is 27.7 Å². The predicted molar refractivity (Wildman–Crippen MR) is 107 cm³/mol. The molecule has 0 amide bonds. The van der Waals surface area contributed by atoms with E-state index in [-0.39, 0.29) is 5.56 Å². The van der Waals surface area contributed by atoms with Crippen LogP contribution in [0.5, 0.6) is 0 Å². The second-order valence-electron chi connectivity index (χ2n) is 5.69. The molecule has 0 aliphatic carbocycles. The van der Waals surface area contributed by atoms with E-state index >= 15 is 0 Å². The molecule has 0 unspecified atom stereocenters. The van der Waals surface area contributed by atoms with E-state index in [1.807, 2.05) is 32.0 Å². The monoisotopic (exact) mass is 371 g/mol. The van der Waals surface area contributed by atoms with Gasteiger partial charge in [-0.1, -0.05) is 24.3 Å². The second kappa shape index (κ2) is 6.86. The van der Waals surface area contributed by atoms with Gasteiger partial charge in [-0.25, -0.2) is 4.98 Å². The average Bonchev–Trinajstić information content (AvgIpc) is 2.96. The predicted octanol–water partition coefficient (Wildman–Crippen LogP) is 2.76. The second-order valence-corrected chi connectivity index (χ2v) is 7.18. The molecule has 0 N–H and O–H groups in total. The van der Waals surface area contributed by atoms with Gasteiger partial charge in [-0.05, 0) is 37.3 Å². The van der Waals surface area contributed by atoms with E-state index in [9.17, 15) is 4.79 Å². The van der Waals surface area contributed by atoms with Crippen molar-refractivity contribution in [1.82, 2.24) is 14.5 Å². The van der Waals surface area contributed by atoms with E-state index in [0.717, 1.165) is 21.1 Å². The number of fused-ring (bicyclic) bond motifs is 1. The quantitative estimate of drug-likeness (QED) is 0.710. The van der Waals surface area contributed by atoms with Gasteiger partial charge in [0, 0.05) is 34.6 Å². The molecule has 128 valence electrons. The van der Waals surface area contributed by atoms with Crippen LogP contribution in [0.1, 0.15) is 6.92 Å². The van der Waals surface area contributed by atoms with E-state index in [2.05, 4.69) is 11.6 Å². The zero-order chi connectivity index (χ0) is 18.1. The molecule has 2 aromatic heterocycles. The maximum Gasteiger partial charge on any atom is 0.275 e. The van der Waals surface area contributed by atoms with Gasteiger partial charge in [-0.15, -0.1) is 11.3 Å². The maximum absolute atomic E-state index is 13.0. The standard InChI is InChI=1S/C19H18ClN3OS/c1-5-14(22(3)4)16-15(6-2)25-18-17(16)21-11-23(19(18)24)13-9-7-12(20)8-10-13/h5-11H,1H2,2-4H3/b15-6+,16-14-. The number of nitrogens with zero attached hydrogens (tertiary/aromatic N) is 3. The van der Waals surface area contributed by atoms with Gasteiger partial charge in [0.25, 0.3) is 5.56 Å². The van der Waals surface area contributed by atoms with Crippen LogP contribution in [0.15, 0.2) is 48.0 Å². The highest BCUT2D eigenvalue weighted by molar-refractivity contribution is 7.16. The van der Waals surface area contributed by atoms with Crippen molar-refractivity contribution in [1.29, 1.82) is 0 Å². The molecule has 0 fully saturated rings. The first-order valence-electron chi connectivity index (χ1n) is 7.74. The Labute approximate surface area is 154 Å². The van der Waals surface area contributed by atoms with Crippen LogP contribution in [0.2, 0.25) is 5.02 Å². The number of benzene rings is 1. The van der Waals surface area contributed by atoms with E-state index in [1.54, 1.807) is 41.2 Å². The summed E-state index contributed by atoms with van der Waals surface area (Å²) in [5, 5.41) is 1.58. The number of hydrogen-bond donors (Lipinski definition) is 0. The molecule has 0 saturated heterocycles. The third kappa shape index (κ3) is 3.01. The lowest BCUT2D eigenvalue weighted by Gasteiger charge is -2.12. The molecule has 0 radical (unpaired) electrons. The molecule has 0 atom stereocenters. The minimum Gasteiger partial charge on any atom is -0.377 e. The van der Waals surface area contributed by atoms with Gasteiger partial charge in [0.2, 0.25) is 0 Å². The molecule has 0 aliphatic rings. The minimum atomic E-state index is -0.0890. The Kier molecular flexibility index (Phi) is 4.79. The molecule has 0 bridgehead atoms. The summed E-state index contributed by atoms with van der Waals surface area (Å²) in [4.78, 5) is 19.6. The normalized spacial score (nSPS) is 13.2. The Morgan fingerprint density at radius 3 is 2.56 bits per heavy atom. The number of thiophene rings is 1. The highest BCUT2D eigenvalue weighted by Crippen LogP contribution is 2.14. The fourth-order valence-electron chi connectivity index (χ4n) is 2.73. The van der Waals surface area contributed by atoms with Crippen molar-refractivity contribution in [3.8, 4) is 5.69 Å². The van der Waals surface area contributed by atoms with Crippen LogP contribution in [0.4, 0.5) is 0 Å². The minimum absolute atomic E-state index is 0.0890. The molecule has 0 saturated carbocycles. The van der Waals surface area contributed by atoms with Crippen molar-refractivity contribution >= 4 is 44.9 Å². The summed E-state index contributed by atoms with van der Waals surface area (Å²) in [5.74, 6) is 0. The Balaban J connectivity index is 2.42. The van der Waals surface area contributed by atoms with Crippen LogP contribution >= 0.6 is 22.9 Å². The van der Waals surface area contributed by atoms with Gasteiger partial charge in [-0.3, -0.25) is 9.36 Å². The Morgan fingerprint density at radius 2 is 2.00 bits per heavy atom. The summed E-state index contributed by atoms with van der Waals surface area (Å²) in [6, 6.07) is 7.13. The first kappa shape index (κ1) is 17.5. The lowest BCUT2D eigenvalue weighted by atomic mass is 10.2. The third-order valence-corrected chi connectivity index (χ3v) is 5.41. The van der Waals surface area contributed by atoms with Gasteiger partial charge in [0.05, 0.1) is 11.2 Å². The van der Waals surface area contributed by atoms with Gasteiger partial charge in [0.1, 0.15) is 11.0 Å². The lowest BCUT2D eigenvalue weighted by Crippen LogP contribution is -2.28. The zero-order valence-corrected chi connectivity index (χ0v) is 15.9. The maximum atomic E-state index is 13.0. The number of hydrogen-bond acceptors (Lipinski definition) is 4. The van der Waals surface area contributed by atoms with Crippen molar-refractivity contribution in [3.63, 3.8) is 0 Å². The SMILES string of the molecule is C=C/C(=c1\c(=C/C)sc2c(=O)n(-c3ccc(Cl)cc3)cnc12)N(C)C. The third-order valence-electron chi connectivity index (χ3n) is 3.92. The Hall–Kier alpha value is -2.37. The molecule has 6 heteroatoms. The number of rotatable bonds is 3. The summed E-state index contributed by atoms with van der Waals surface area (Å²) < 4.78 is 3.18. The summed E-state index contributed by atoms with van der Waals surface area (Å²) in [7, 11) is 3.91. The molecule has 4 nitrogen and oxygen atoms in total. The molecule has 0 spiro atoms. The molecular formula is C19H18ClN3OS. The van der Waals surface area contributed by atoms with Crippen LogP contribution in [0.3, 0.4) is 0 Å². The van der Waals surface area contributed by atoms with Crippen molar-refractivity contribution < 1.29 is 0 Å². The van der Waals surface area contributed by atoms with Crippen LogP contribution < -0.4 is 15.3 Å². The highest BCUT2D eigenvalue weighted by atomic mass is 35.5. The molecular weight excluding hydrogens is 354 g/mol. The fraction of sp³-hybridized carbons (Fsp3) is 0.158. The smallest absolute Gasteiger partial charge is 0.275 e. The van der Waals surface area contributed by atoms with Crippen LogP contribution in [-0.4, -0.2) is 28.5 Å². The molecule has 1 aromatic carbocycles. The Bertz CT molecular complexity index is 1120. The van der Waals surface area contributed by atoms with Crippen molar-refractivity contribution in [3.05, 3.63) is 68.4 Å². The van der Waals surface area contributed by atoms with Crippen molar-refractivity contribution in [2.45, 2.75) is 6.92 Å². The lowest BCUT2D eigenvalue weighted by molar-refractivity contribution is 0.592. The Morgan fingerprint density at radius 1 is 1.32 bits per heavy atom. The first-order chi connectivity index (χ1) is 12.0. The van der Waals surface area contributed by atoms with Crippen LogP contribution in [0, 0.1) is 0 Å². The van der Waals surface area contributed by atoms with Crippen molar-refractivity contribution in [2.75, 3.05) is 14.1 Å². The summed E-state index contributed by atoms with van der Waals surface area (Å²) in [6.45, 7) is 5.87. The summed E-state index contributed by atoms with van der Waals surface area (Å²) >= 11 is 7.39. The molecule has 25 heavy (non-hydrogen) atoms. The topological polar surface area (TPSA) is 38.1 Å². The zero-order valence-electron chi connectivity index (χ0n) is 14.3. The summed E-state index contributed by atoms with van der Waals surface area (Å²) in [6.07, 6.45) is 5.36. The van der Waals surface area contributed by atoms with Gasteiger partial charge < -0.3 is 4.90 Å². The fourth-order valence-corrected chi connectivity index (χ4v) is 3.93. The summed E-state index contributed by atoms with van der Waals surface area (Å²) in [5.41, 5.74) is 2.29. The van der Waals surface area contributed by atoms with E-state index < -0.39 is 0 Å². The van der Waals surface area contributed by atoms with E-state index in [0.29, 0.717) is 15.2 Å². The largest absolute Gasteiger partial charge is 0.377 e. The van der Waals surface area contributed by atoms with Crippen molar-refractivity contribution in [2.24, 2.45) is 0 Å². The van der Waals surface area contributed by atoms with Gasteiger partial charge >= 0.3 is 0 Å². The highest BCUT2D eigenvalue weighted by Gasteiger charge is 2.13. The molecule has 0 aliphatic heterocycles. The van der Waals surface area contributed by atoms with Gasteiger partial charge in [-0.2, -0.15) is 0 Å². The average molecular weight is 372 g/mol. The molecule has 3 aromatic rings. The first-order valence-corrected chi connectivity index (χ1v) is 8.94. The molecule has 3 rings (SSSR count). The van der Waals surface area contributed by atoms with E-state index in [1.165, 1.54) is 11.3 Å². The van der Waals surface area contributed by atoms with E-state index in [4.69, 9.17) is 11.6 Å². The molecule has 2 heterocycles. The number of likely N-dealkylation sites (N-methyl/N-ethyl adjacent to an activating group) is 1. The number of aromatic nitrogens is 2.